The van der Waals surface area contributed by atoms with Gasteiger partial charge in [-0.25, -0.2) is 4.79 Å². The van der Waals surface area contributed by atoms with Crippen LogP contribution in [0.2, 0.25) is 5.02 Å². The van der Waals surface area contributed by atoms with Gasteiger partial charge in [0.25, 0.3) is 0 Å². The van der Waals surface area contributed by atoms with Crippen LogP contribution in [0, 0.1) is 0 Å². The van der Waals surface area contributed by atoms with Crippen molar-refractivity contribution in [1.82, 2.24) is 0 Å². The van der Waals surface area contributed by atoms with Crippen molar-refractivity contribution in [2.45, 2.75) is 0 Å². The molecule has 0 aromatic heterocycles. The van der Waals surface area contributed by atoms with Gasteiger partial charge in [0, 0.05) is 16.1 Å². The smallest absolute Gasteiger partial charge is 0.335 e. The molecule has 0 fully saturated rings. The fraction of sp³-hybridized carbons (Fsp3) is 0. The molecule has 0 bridgehead atoms. The minimum atomic E-state index is -0.988. The highest BCUT2D eigenvalue weighted by Crippen LogP contribution is 2.29. The molecule has 0 spiro atoms. The standard InChI is InChI=1S/C14H9ClO3/c15-13-6-9(8-16)4-5-12(13)10-2-1-3-11(7-10)14(17)18/h1-8H,(H,17,18). The minimum absolute atomic E-state index is 0.197. The van der Waals surface area contributed by atoms with Crippen molar-refractivity contribution in [1.29, 1.82) is 0 Å². The van der Waals surface area contributed by atoms with Crippen LogP contribution in [0.25, 0.3) is 11.1 Å². The molecular weight excluding hydrogens is 252 g/mol. The Morgan fingerprint density at radius 2 is 1.94 bits per heavy atom. The Morgan fingerprint density at radius 3 is 2.56 bits per heavy atom. The first-order valence-corrected chi connectivity index (χ1v) is 5.58. The number of carboxylic acids is 1. The molecule has 3 nitrogen and oxygen atoms in total. The highest BCUT2D eigenvalue weighted by atomic mass is 35.5. The molecule has 1 N–H and O–H groups in total. The molecule has 0 aliphatic carbocycles. The lowest BCUT2D eigenvalue weighted by molar-refractivity contribution is 0.0697. The van der Waals surface area contributed by atoms with E-state index >= 15 is 0 Å². The van der Waals surface area contributed by atoms with Crippen LogP contribution in [-0.2, 0) is 0 Å². The summed E-state index contributed by atoms with van der Waals surface area (Å²) in [7, 11) is 0. The summed E-state index contributed by atoms with van der Waals surface area (Å²) in [5.41, 5.74) is 2.09. The minimum Gasteiger partial charge on any atom is -0.478 e. The first kappa shape index (κ1) is 12.3. The van der Waals surface area contributed by atoms with Gasteiger partial charge in [-0.05, 0) is 23.8 Å². The third-order valence-electron chi connectivity index (χ3n) is 2.55. The predicted octanol–water partition coefficient (Wildman–Crippen LogP) is 3.52. The predicted molar refractivity (Wildman–Crippen MR) is 69.2 cm³/mol. The number of rotatable bonds is 3. The second kappa shape index (κ2) is 5.02. The SMILES string of the molecule is O=Cc1ccc(-c2cccc(C(=O)O)c2)c(Cl)c1. The number of halogens is 1. The van der Waals surface area contributed by atoms with Crippen molar-refractivity contribution in [2.24, 2.45) is 0 Å². The molecule has 0 atom stereocenters. The number of hydrogen-bond donors (Lipinski definition) is 1. The summed E-state index contributed by atoms with van der Waals surface area (Å²) in [6, 6.07) is 11.4. The number of carboxylic acid groups (broad SMARTS) is 1. The number of hydrogen-bond acceptors (Lipinski definition) is 2. The average Bonchev–Trinajstić information content (AvgIpc) is 2.38. The molecule has 2 aromatic carbocycles. The zero-order chi connectivity index (χ0) is 13.1. The van der Waals surface area contributed by atoms with E-state index in [1.807, 2.05) is 0 Å². The maximum atomic E-state index is 10.9. The molecule has 4 heteroatoms. The van der Waals surface area contributed by atoms with Gasteiger partial charge in [0.1, 0.15) is 6.29 Å². The normalized spacial score (nSPS) is 10.1. The summed E-state index contributed by atoms with van der Waals surface area (Å²) in [5.74, 6) is -0.988. The van der Waals surface area contributed by atoms with Crippen LogP contribution in [0.4, 0.5) is 0 Å². The van der Waals surface area contributed by atoms with Crippen LogP contribution in [0.15, 0.2) is 42.5 Å². The zero-order valence-corrected chi connectivity index (χ0v) is 10.0. The lowest BCUT2D eigenvalue weighted by atomic mass is 10.0. The number of aldehydes is 1. The summed E-state index contributed by atoms with van der Waals surface area (Å²) in [6.07, 6.45) is 0.712. The van der Waals surface area contributed by atoms with E-state index in [2.05, 4.69) is 0 Å². The second-order valence-electron chi connectivity index (χ2n) is 3.74. The Kier molecular flexibility index (Phi) is 3.44. The van der Waals surface area contributed by atoms with E-state index in [1.54, 1.807) is 36.4 Å². The summed E-state index contributed by atoms with van der Waals surface area (Å²) in [6.45, 7) is 0. The molecule has 0 unspecified atom stereocenters. The van der Waals surface area contributed by atoms with Gasteiger partial charge in [-0.3, -0.25) is 4.79 Å². The number of aromatic carboxylic acids is 1. The van der Waals surface area contributed by atoms with Gasteiger partial charge in [-0.1, -0.05) is 35.9 Å². The van der Waals surface area contributed by atoms with E-state index < -0.39 is 5.97 Å². The molecule has 0 aliphatic heterocycles. The van der Waals surface area contributed by atoms with E-state index in [0.717, 1.165) is 0 Å². The Hall–Kier alpha value is -2.13. The van der Waals surface area contributed by atoms with Gasteiger partial charge in [0.05, 0.1) is 5.56 Å². The number of carbonyl (C=O) groups is 2. The topological polar surface area (TPSA) is 54.4 Å². The molecule has 18 heavy (non-hydrogen) atoms. The molecule has 0 radical (unpaired) electrons. The van der Waals surface area contributed by atoms with Gasteiger partial charge in [0.2, 0.25) is 0 Å². The van der Waals surface area contributed by atoms with Crippen LogP contribution in [0.5, 0.6) is 0 Å². The van der Waals surface area contributed by atoms with E-state index in [0.29, 0.717) is 28.0 Å². The summed E-state index contributed by atoms with van der Waals surface area (Å²) in [5, 5.41) is 9.35. The van der Waals surface area contributed by atoms with Crippen LogP contribution < -0.4 is 0 Å². The molecule has 90 valence electrons. The fourth-order valence-corrected chi connectivity index (χ4v) is 1.96. The van der Waals surface area contributed by atoms with E-state index in [4.69, 9.17) is 16.7 Å². The monoisotopic (exact) mass is 260 g/mol. The first-order chi connectivity index (χ1) is 8.61. The first-order valence-electron chi connectivity index (χ1n) is 5.20. The van der Waals surface area contributed by atoms with Crippen molar-refractivity contribution < 1.29 is 14.7 Å². The van der Waals surface area contributed by atoms with Crippen molar-refractivity contribution in [3.8, 4) is 11.1 Å². The Bertz CT molecular complexity index is 620. The Labute approximate surface area is 109 Å². The van der Waals surface area contributed by atoms with Crippen molar-refractivity contribution in [3.63, 3.8) is 0 Å². The summed E-state index contributed by atoms with van der Waals surface area (Å²) in [4.78, 5) is 21.5. The Morgan fingerprint density at radius 1 is 1.17 bits per heavy atom. The third kappa shape index (κ3) is 2.41. The second-order valence-corrected chi connectivity index (χ2v) is 4.15. The molecule has 0 heterocycles. The van der Waals surface area contributed by atoms with Gasteiger partial charge < -0.3 is 5.11 Å². The maximum Gasteiger partial charge on any atom is 0.335 e. The van der Waals surface area contributed by atoms with Crippen LogP contribution in [0.1, 0.15) is 20.7 Å². The van der Waals surface area contributed by atoms with Gasteiger partial charge in [0.15, 0.2) is 0 Å². The lowest BCUT2D eigenvalue weighted by Crippen LogP contribution is -1.95. The van der Waals surface area contributed by atoms with E-state index in [9.17, 15) is 9.59 Å². The number of carbonyl (C=O) groups excluding carboxylic acids is 1. The molecule has 0 aliphatic rings. The van der Waals surface area contributed by atoms with Crippen molar-refractivity contribution in [2.75, 3.05) is 0 Å². The summed E-state index contributed by atoms with van der Waals surface area (Å²) >= 11 is 6.07. The van der Waals surface area contributed by atoms with E-state index in [-0.39, 0.29) is 5.56 Å². The van der Waals surface area contributed by atoms with Crippen LogP contribution >= 0.6 is 11.6 Å². The fourth-order valence-electron chi connectivity index (χ4n) is 1.66. The highest BCUT2D eigenvalue weighted by molar-refractivity contribution is 6.33. The highest BCUT2D eigenvalue weighted by Gasteiger charge is 2.08. The maximum absolute atomic E-state index is 10.9. The van der Waals surface area contributed by atoms with Crippen LogP contribution in [0.3, 0.4) is 0 Å². The van der Waals surface area contributed by atoms with Gasteiger partial charge in [-0.2, -0.15) is 0 Å². The summed E-state index contributed by atoms with van der Waals surface area (Å²) < 4.78 is 0. The largest absolute Gasteiger partial charge is 0.478 e. The molecule has 0 amide bonds. The molecule has 0 saturated heterocycles. The molecule has 0 saturated carbocycles. The number of benzene rings is 2. The van der Waals surface area contributed by atoms with Gasteiger partial charge >= 0.3 is 5.97 Å². The molecular formula is C14H9ClO3. The van der Waals surface area contributed by atoms with Crippen molar-refractivity contribution in [3.05, 3.63) is 58.6 Å². The van der Waals surface area contributed by atoms with Crippen molar-refractivity contribution >= 4 is 23.9 Å². The quantitative estimate of drug-likeness (QED) is 0.859. The Balaban J connectivity index is 2.51. The lowest BCUT2D eigenvalue weighted by Gasteiger charge is -2.06. The average molecular weight is 261 g/mol. The molecule has 2 rings (SSSR count). The van der Waals surface area contributed by atoms with Gasteiger partial charge in [-0.15, -0.1) is 0 Å². The van der Waals surface area contributed by atoms with Crippen LogP contribution in [-0.4, -0.2) is 17.4 Å². The third-order valence-corrected chi connectivity index (χ3v) is 2.86. The zero-order valence-electron chi connectivity index (χ0n) is 9.26. The molecule has 2 aromatic rings. The van der Waals surface area contributed by atoms with E-state index in [1.165, 1.54) is 6.07 Å².